The van der Waals surface area contributed by atoms with Crippen LogP contribution in [0.2, 0.25) is 0 Å². The zero-order valence-electron chi connectivity index (χ0n) is 16.6. The summed E-state index contributed by atoms with van der Waals surface area (Å²) in [6.07, 6.45) is 6.64. The number of aryl methyl sites for hydroxylation is 2. The van der Waals surface area contributed by atoms with Crippen molar-refractivity contribution in [2.75, 3.05) is 13.2 Å². The summed E-state index contributed by atoms with van der Waals surface area (Å²) in [5.74, 6) is -0.523. The number of esters is 1. The Bertz CT molecular complexity index is 889. The Kier molecular flexibility index (Phi) is 5.69. The smallest absolute Gasteiger partial charge is 0.339 e. The normalized spacial score (nSPS) is 18.9. The van der Waals surface area contributed by atoms with Gasteiger partial charge in [0.05, 0.1) is 11.7 Å². The number of carbonyl (C=O) groups is 2. The van der Waals surface area contributed by atoms with Crippen LogP contribution in [0.25, 0.3) is 0 Å². The Balaban J connectivity index is 1.41. The number of ketones is 1. The van der Waals surface area contributed by atoms with Crippen molar-refractivity contribution in [1.29, 1.82) is 0 Å². The third-order valence-corrected chi connectivity index (χ3v) is 6.99. The molecule has 4 rings (SSSR count). The molecule has 0 unspecified atom stereocenters. The number of Topliss-reactive ketones (excluding diaryl/α,β-unsaturated/α-hetero) is 1. The van der Waals surface area contributed by atoms with Crippen molar-refractivity contribution in [2.45, 2.75) is 65.0 Å². The summed E-state index contributed by atoms with van der Waals surface area (Å²) in [5, 5.41) is 1.89. The Labute approximate surface area is 169 Å². The van der Waals surface area contributed by atoms with E-state index in [1.54, 1.807) is 11.3 Å². The summed E-state index contributed by atoms with van der Waals surface area (Å²) < 4.78 is 13.3. The monoisotopic (exact) mass is 401 g/mol. The minimum Gasteiger partial charge on any atom is -0.454 e. The fourth-order valence-electron chi connectivity index (χ4n) is 4.31. The molecule has 0 bridgehead atoms. The van der Waals surface area contributed by atoms with Gasteiger partial charge in [-0.3, -0.25) is 4.79 Å². The highest BCUT2D eigenvalue weighted by atomic mass is 32.1. The van der Waals surface area contributed by atoms with Crippen LogP contribution in [0.3, 0.4) is 0 Å². The number of ether oxygens (including phenoxy) is 2. The first kappa shape index (κ1) is 19.4. The number of rotatable bonds is 6. The van der Waals surface area contributed by atoms with Gasteiger partial charge in [-0.2, -0.15) is 0 Å². The average Bonchev–Trinajstić information content (AvgIpc) is 3.42. The summed E-state index contributed by atoms with van der Waals surface area (Å²) in [5.41, 5.74) is 4.37. The van der Waals surface area contributed by atoms with E-state index in [0.29, 0.717) is 11.1 Å². The van der Waals surface area contributed by atoms with Crippen LogP contribution in [0.15, 0.2) is 11.4 Å². The number of carbonyl (C=O) groups excluding carboxylic acids is 2. The molecule has 2 aliphatic rings. The second-order valence-electron chi connectivity index (χ2n) is 7.79. The summed E-state index contributed by atoms with van der Waals surface area (Å²) in [6, 6.07) is 1.90. The Morgan fingerprint density at radius 1 is 1.21 bits per heavy atom. The molecule has 0 radical (unpaired) electrons. The quantitative estimate of drug-likeness (QED) is 0.536. The van der Waals surface area contributed by atoms with Gasteiger partial charge in [-0.25, -0.2) is 4.79 Å². The first-order chi connectivity index (χ1) is 13.5. The molecule has 0 saturated carbocycles. The number of thiophene rings is 1. The van der Waals surface area contributed by atoms with Crippen LogP contribution in [0.1, 0.15) is 68.2 Å². The molecule has 1 atom stereocenters. The first-order valence-electron chi connectivity index (χ1n) is 10.1. The summed E-state index contributed by atoms with van der Waals surface area (Å²) >= 11 is 1.63. The molecule has 0 aromatic carbocycles. The van der Waals surface area contributed by atoms with Crippen LogP contribution in [0, 0.1) is 13.8 Å². The second-order valence-corrected chi connectivity index (χ2v) is 8.75. The molecule has 0 spiro atoms. The lowest BCUT2D eigenvalue weighted by Gasteiger charge is -2.15. The lowest BCUT2D eigenvalue weighted by atomic mass is 9.96. The van der Waals surface area contributed by atoms with Crippen LogP contribution in [-0.4, -0.2) is 35.6 Å². The summed E-state index contributed by atoms with van der Waals surface area (Å²) in [6.45, 7) is 5.33. The molecule has 0 amide bonds. The zero-order chi connectivity index (χ0) is 19.7. The standard InChI is InChI=1S/C22H27NO4S/c1-14-10-18(15(2)23(14)11-16-6-5-9-26-16)20(24)12-27-22(25)19-13-28-21-8-4-3-7-17(19)21/h10,13,16H,3-9,11-12H2,1-2H3/t16-/m0/s1. The van der Waals surface area contributed by atoms with Gasteiger partial charge in [0, 0.05) is 40.4 Å². The third-order valence-electron chi connectivity index (χ3n) is 5.90. The molecule has 2 aromatic rings. The highest BCUT2D eigenvalue weighted by Gasteiger charge is 2.24. The molecule has 5 nitrogen and oxygen atoms in total. The maximum atomic E-state index is 12.7. The lowest BCUT2D eigenvalue weighted by Crippen LogP contribution is -2.18. The number of hydrogen-bond acceptors (Lipinski definition) is 5. The predicted octanol–water partition coefficient (Wildman–Crippen LogP) is 4.26. The van der Waals surface area contributed by atoms with E-state index in [1.165, 1.54) is 11.3 Å². The fraction of sp³-hybridized carbons (Fsp3) is 0.545. The molecule has 150 valence electrons. The number of aromatic nitrogens is 1. The molecule has 1 fully saturated rings. The van der Waals surface area contributed by atoms with Gasteiger partial charge < -0.3 is 14.0 Å². The van der Waals surface area contributed by atoms with Crippen molar-refractivity contribution < 1.29 is 19.1 Å². The largest absolute Gasteiger partial charge is 0.454 e. The van der Waals surface area contributed by atoms with E-state index in [1.807, 2.05) is 25.3 Å². The van der Waals surface area contributed by atoms with E-state index in [-0.39, 0.29) is 24.5 Å². The van der Waals surface area contributed by atoms with Gasteiger partial charge in [0.2, 0.25) is 5.78 Å². The van der Waals surface area contributed by atoms with Crippen LogP contribution in [0.4, 0.5) is 0 Å². The fourth-order valence-corrected chi connectivity index (χ4v) is 5.42. The average molecular weight is 402 g/mol. The summed E-state index contributed by atoms with van der Waals surface area (Å²) in [4.78, 5) is 26.5. The minimum absolute atomic E-state index is 0.149. The Morgan fingerprint density at radius 3 is 2.82 bits per heavy atom. The molecule has 1 aliphatic carbocycles. The van der Waals surface area contributed by atoms with Crippen molar-refractivity contribution in [3.05, 3.63) is 44.4 Å². The highest BCUT2D eigenvalue weighted by Crippen LogP contribution is 2.30. The van der Waals surface area contributed by atoms with Gasteiger partial charge in [0.15, 0.2) is 6.61 Å². The van der Waals surface area contributed by atoms with Crippen molar-refractivity contribution in [2.24, 2.45) is 0 Å². The van der Waals surface area contributed by atoms with Crippen LogP contribution in [0.5, 0.6) is 0 Å². The SMILES string of the molecule is Cc1cc(C(=O)COC(=O)c2csc3c2CCCC3)c(C)n1C[C@@H]1CCCO1. The maximum Gasteiger partial charge on any atom is 0.339 e. The van der Waals surface area contributed by atoms with Gasteiger partial charge in [-0.05, 0) is 64.0 Å². The molecule has 6 heteroatoms. The lowest BCUT2D eigenvalue weighted by molar-refractivity contribution is 0.0473. The minimum atomic E-state index is -0.374. The molecule has 1 saturated heterocycles. The second kappa shape index (κ2) is 8.21. The highest BCUT2D eigenvalue weighted by molar-refractivity contribution is 7.10. The number of fused-ring (bicyclic) bond motifs is 1. The van der Waals surface area contributed by atoms with Crippen molar-refractivity contribution in [1.82, 2.24) is 4.57 Å². The van der Waals surface area contributed by atoms with E-state index < -0.39 is 0 Å². The van der Waals surface area contributed by atoms with E-state index in [0.717, 1.165) is 62.2 Å². The van der Waals surface area contributed by atoms with Crippen molar-refractivity contribution in [3.63, 3.8) is 0 Å². The molecular weight excluding hydrogens is 374 g/mol. The molecule has 0 N–H and O–H groups in total. The number of nitrogens with zero attached hydrogens (tertiary/aromatic N) is 1. The van der Waals surface area contributed by atoms with E-state index in [2.05, 4.69) is 4.57 Å². The van der Waals surface area contributed by atoms with E-state index in [4.69, 9.17) is 9.47 Å². The molecule has 1 aliphatic heterocycles. The van der Waals surface area contributed by atoms with Gasteiger partial charge in [-0.1, -0.05) is 0 Å². The summed E-state index contributed by atoms with van der Waals surface area (Å²) in [7, 11) is 0. The predicted molar refractivity (Wildman–Crippen MR) is 108 cm³/mol. The molecular formula is C22H27NO4S. The molecule has 28 heavy (non-hydrogen) atoms. The van der Waals surface area contributed by atoms with Crippen LogP contribution < -0.4 is 0 Å². The van der Waals surface area contributed by atoms with E-state index >= 15 is 0 Å². The topological polar surface area (TPSA) is 57.5 Å². The van der Waals surface area contributed by atoms with Gasteiger partial charge >= 0.3 is 5.97 Å². The van der Waals surface area contributed by atoms with Crippen LogP contribution in [-0.2, 0) is 28.9 Å². The van der Waals surface area contributed by atoms with E-state index in [9.17, 15) is 9.59 Å². The van der Waals surface area contributed by atoms with Gasteiger partial charge in [0.1, 0.15) is 0 Å². The number of hydrogen-bond donors (Lipinski definition) is 0. The van der Waals surface area contributed by atoms with Gasteiger partial charge in [-0.15, -0.1) is 11.3 Å². The van der Waals surface area contributed by atoms with Crippen LogP contribution >= 0.6 is 11.3 Å². The van der Waals surface area contributed by atoms with Crippen molar-refractivity contribution >= 4 is 23.1 Å². The zero-order valence-corrected chi connectivity index (χ0v) is 17.4. The Hall–Kier alpha value is -1.92. The third kappa shape index (κ3) is 3.80. The maximum absolute atomic E-state index is 12.7. The van der Waals surface area contributed by atoms with Crippen molar-refractivity contribution in [3.8, 4) is 0 Å². The molecule has 3 heterocycles. The van der Waals surface area contributed by atoms with Gasteiger partial charge in [0.25, 0.3) is 0 Å². The first-order valence-corrected chi connectivity index (χ1v) is 11.0. The molecule has 2 aromatic heterocycles. The Morgan fingerprint density at radius 2 is 2.04 bits per heavy atom.